The lowest BCUT2D eigenvalue weighted by Gasteiger charge is -2.54. The van der Waals surface area contributed by atoms with Crippen molar-refractivity contribution in [2.45, 2.75) is 31.1 Å². The van der Waals surface area contributed by atoms with Gasteiger partial charge in [-0.15, -0.1) is 13.2 Å². The van der Waals surface area contributed by atoms with Crippen molar-refractivity contribution in [3.05, 3.63) is 29.8 Å². The molecule has 2 aliphatic heterocycles. The van der Waals surface area contributed by atoms with Crippen LogP contribution in [0.1, 0.15) is 18.9 Å². The van der Waals surface area contributed by atoms with Crippen molar-refractivity contribution in [3.8, 4) is 0 Å². The van der Waals surface area contributed by atoms with Crippen LogP contribution in [0.5, 0.6) is 0 Å². The smallest absolute Gasteiger partial charge is 0.484 e. The Hall–Kier alpha value is -1.72. The van der Waals surface area contributed by atoms with E-state index in [1.54, 1.807) is 0 Å². The molecular weight excluding hydrogens is 377 g/mol. The minimum absolute atomic E-state index is 0.225. The van der Waals surface area contributed by atoms with Gasteiger partial charge < -0.3 is 20.5 Å². The van der Waals surface area contributed by atoms with Gasteiger partial charge in [-0.25, -0.2) is 4.99 Å². The number of methoxy groups -OCH3 is 1. The number of nitrogens with zero attached hydrogens (tertiary/aromatic N) is 2. The fourth-order valence-electron chi connectivity index (χ4n) is 3.81. The van der Waals surface area contributed by atoms with E-state index in [2.05, 4.69) is 15.0 Å². The number of fused-ring (bicyclic) bond motifs is 1. The van der Waals surface area contributed by atoms with Gasteiger partial charge in [0.2, 0.25) is 0 Å². The van der Waals surface area contributed by atoms with Crippen LogP contribution < -0.4 is 11.1 Å². The van der Waals surface area contributed by atoms with E-state index in [1.807, 2.05) is 36.1 Å². The first-order chi connectivity index (χ1) is 13.2. The molecule has 2 heterocycles. The number of nitrogens with two attached hydrogens (primary N) is 1. The van der Waals surface area contributed by atoms with E-state index in [9.17, 15) is 13.2 Å². The number of piperazine rings is 1. The summed E-state index contributed by atoms with van der Waals surface area (Å²) in [5.41, 5.74) is 6.51. The molecule has 2 atom stereocenters. The lowest BCUT2D eigenvalue weighted by Crippen LogP contribution is -2.71. The van der Waals surface area contributed by atoms with E-state index in [-0.39, 0.29) is 6.61 Å². The summed E-state index contributed by atoms with van der Waals surface area (Å²) in [4.78, 5) is 6.46. The average molecular weight is 402 g/mol. The summed E-state index contributed by atoms with van der Waals surface area (Å²) < 4.78 is 51.8. The van der Waals surface area contributed by atoms with Crippen LogP contribution in [0.3, 0.4) is 0 Å². The number of alkyl halides is 3. The molecule has 1 aromatic carbocycles. The number of rotatable bonds is 5. The number of aliphatic imine (C=N–C) groups is 1. The van der Waals surface area contributed by atoms with Crippen molar-refractivity contribution in [2.24, 2.45) is 10.7 Å². The average Bonchev–Trinajstić information content (AvgIpc) is 2.65. The molecule has 2 aliphatic rings. The Morgan fingerprint density at radius 1 is 1.29 bits per heavy atom. The number of para-hydroxylation sites is 1. The van der Waals surface area contributed by atoms with E-state index < -0.39 is 24.4 Å². The minimum atomic E-state index is -4.68. The molecule has 0 aliphatic carbocycles. The third-order valence-electron chi connectivity index (χ3n) is 5.05. The molecular formula is C18H25F3N4O3. The molecule has 0 spiro atoms. The Labute approximate surface area is 161 Å². The van der Waals surface area contributed by atoms with Gasteiger partial charge in [-0.1, -0.05) is 18.2 Å². The number of halogens is 3. The molecule has 0 radical (unpaired) electrons. The Morgan fingerprint density at radius 3 is 2.75 bits per heavy atom. The standard InChI is InChI=1S/C18H25F3N4O3/c1-16(27-9-10-28-18(19,20)21)12-23-7-8-25(16)17(22)11-15(26-2)24-14-6-4-3-5-13(14)17/h3-6,23H,7-12,22H2,1-2H3. The van der Waals surface area contributed by atoms with E-state index in [1.165, 1.54) is 7.11 Å². The Morgan fingerprint density at radius 2 is 2.04 bits per heavy atom. The second-order valence-corrected chi connectivity index (χ2v) is 6.97. The monoisotopic (exact) mass is 402 g/mol. The van der Waals surface area contributed by atoms with Crippen LogP contribution in [0.25, 0.3) is 0 Å². The van der Waals surface area contributed by atoms with Crippen molar-refractivity contribution >= 4 is 11.6 Å². The van der Waals surface area contributed by atoms with Gasteiger partial charge in [0.1, 0.15) is 11.4 Å². The third-order valence-corrected chi connectivity index (χ3v) is 5.05. The highest BCUT2D eigenvalue weighted by Gasteiger charge is 2.50. The summed E-state index contributed by atoms with van der Waals surface area (Å²) in [5, 5.41) is 3.22. The van der Waals surface area contributed by atoms with E-state index in [0.29, 0.717) is 37.6 Å². The van der Waals surface area contributed by atoms with E-state index in [0.717, 1.165) is 5.56 Å². The van der Waals surface area contributed by atoms with Gasteiger partial charge in [0.05, 0.1) is 32.4 Å². The SMILES string of the molecule is COC1=Nc2ccccc2C(N)(N2CCNCC2(C)OCCOC(F)(F)F)C1. The first-order valence-electron chi connectivity index (χ1n) is 9.01. The largest absolute Gasteiger partial charge is 0.522 e. The summed E-state index contributed by atoms with van der Waals surface area (Å²) in [6, 6.07) is 7.50. The van der Waals surface area contributed by atoms with Gasteiger partial charge in [-0.2, -0.15) is 0 Å². The molecule has 28 heavy (non-hydrogen) atoms. The summed E-state index contributed by atoms with van der Waals surface area (Å²) in [7, 11) is 1.54. The minimum Gasteiger partial charge on any atom is -0.484 e. The van der Waals surface area contributed by atoms with Crippen molar-refractivity contribution in [3.63, 3.8) is 0 Å². The van der Waals surface area contributed by atoms with Gasteiger partial charge in [-0.3, -0.25) is 9.64 Å². The van der Waals surface area contributed by atoms with Crippen LogP contribution in [-0.2, 0) is 19.9 Å². The van der Waals surface area contributed by atoms with Gasteiger partial charge in [0.25, 0.3) is 0 Å². The number of nitrogens with one attached hydrogen (secondary N) is 1. The van der Waals surface area contributed by atoms with Crippen LogP contribution in [0.2, 0.25) is 0 Å². The predicted octanol–water partition coefficient (Wildman–Crippen LogP) is 2.05. The molecule has 3 N–H and O–H groups in total. The van der Waals surface area contributed by atoms with Gasteiger partial charge >= 0.3 is 6.36 Å². The van der Waals surface area contributed by atoms with Gasteiger partial charge in [0.15, 0.2) is 5.90 Å². The Bertz CT molecular complexity index is 730. The summed E-state index contributed by atoms with van der Waals surface area (Å²) in [6.07, 6.45) is -4.37. The third kappa shape index (κ3) is 4.31. The molecule has 1 aromatic rings. The first-order valence-corrected chi connectivity index (χ1v) is 9.01. The number of benzene rings is 1. The van der Waals surface area contributed by atoms with Crippen LogP contribution in [0, 0.1) is 0 Å². The van der Waals surface area contributed by atoms with E-state index >= 15 is 0 Å². The highest BCUT2D eigenvalue weighted by atomic mass is 19.4. The van der Waals surface area contributed by atoms with Crippen LogP contribution >= 0.6 is 0 Å². The fraction of sp³-hybridized carbons (Fsp3) is 0.611. The van der Waals surface area contributed by atoms with Gasteiger partial charge in [0, 0.05) is 25.2 Å². The molecule has 3 rings (SSSR count). The van der Waals surface area contributed by atoms with Crippen molar-refractivity contribution in [2.75, 3.05) is 40.0 Å². The lowest BCUT2D eigenvalue weighted by atomic mass is 9.88. The zero-order chi connectivity index (χ0) is 20.4. The predicted molar refractivity (Wildman–Crippen MR) is 97.0 cm³/mol. The molecule has 0 aromatic heterocycles. The van der Waals surface area contributed by atoms with Crippen LogP contribution in [-0.4, -0.2) is 62.8 Å². The topological polar surface area (TPSA) is 81.3 Å². The van der Waals surface area contributed by atoms with Crippen molar-refractivity contribution in [1.82, 2.24) is 10.2 Å². The molecule has 2 unspecified atom stereocenters. The maximum atomic E-state index is 12.2. The number of hydrogen-bond acceptors (Lipinski definition) is 7. The molecule has 0 saturated carbocycles. The molecule has 1 fully saturated rings. The Balaban J connectivity index is 1.85. The zero-order valence-corrected chi connectivity index (χ0v) is 15.9. The number of ether oxygens (including phenoxy) is 3. The summed E-state index contributed by atoms with van der Waals surface area (Å²) in [6.45, 7) is 2.60. The highest BCUT2D eigenvalue weighted by Crippen LogP contribution is 2.42. The maximum absolute atomic E-state index is 12.2. The second kappa shape index (κ2) is 7.96. The Kier molecular flexibility index (Phi) is 5.97. The summed E-state index contributed by atoms with van der Waals surface area (Å²) in [5.74, 6) is 0.488. The van der Waals surface area contributed by atoms with Crippen molar-refractivity contribution in [1.29, 1.82) is 0 Å². The van der Waals surface area contributed by atoms with Gasteiger partial charge in [-0.05, 0) is 13.0 Å². The fourth-order valence-corrected chi connectivity index (χ4v) is 3.81. The van der Waals surface area contributed by atoms with Crippen LogP contribution in [0.4, 0.5) is 18.9 Å². The molecule has 156 valence electrons. The maximum Gasteiger partial charge on any atom is 0.522 e. The molecule has 0 amide bonds. The normalized spacial score (nSPS) is 28.6. The quantitative estimate of drug-likeness (QED) is 0.734. The number of hydrogen-bond donors (Lipinski definition) is 2. The summed E-state index contributed by atoms with van der Waals surface area (Å²) >= 11 is 0. The second-order valence-electron chi connectivity index (χ2n) is 6.97. The highest BCUT2D eigenvalue weighted by molar-refractivity contribution is 5.84. The molecule has 7 nitrogen and oxygen atoms in total. The zero-order valence-electron chi connectivity index (χ0n) is 15.9. The van der Waals surface area contributed by atoms with Crippen molar-refractivity contribution < 1.29 is 27.4 Å². The van der Waals surface area contributed by atoms with E-state index in [4.69, 9.17) is 15.2 Å². The molecule has 10 heteroatoms. The van der Waals surface area contributed by atoms with Crippen LogP contribution in [0.15, 0.2) is 29.3 Å². The molecule has 1 saturated heterocycles. The molecule has 0 bridgehead atoms. The first kappa shape index (κ1) is 21.0. The lowest BCUT2D eigenvalue weighted by molar-refractivity contribution is -0.331.